The van der Waals surface area contributed by atoms with Crippen LogP contribution in [0.4, 0.5) is 0 Å². The van der Waals surface area contributed by atoms with Gasteiger partial charge in [-0.3, -0.25) is 14.4 Å². The molecule has 4 rings (SSSR count). The van der Waals surface area contributed by atoms with E-state index in [2.05, 4.69) is 10.6 Å². The number of halogens is 1. The average Bonchev–Trinajstić information content (AvgIpc) is 3.26. The van der Waals surface area contributed by atoms with Crippen LogP contribution >= 0.6 is 12.4 Å². The molecule has 2 heterocycles. The molecule has 10 heteroatoms. The molecule has 1 aromatic heterocycles. The van der Waals surface area contributed by atoms with Crippen molar-refractivity contribution in [1.29, 1.82) is 0 Å². The molecule has 2 unspecified atom stereocenters. The second kappa shape index (κ2) is 12.8. The Balaban J connectivity index is 0.00000400. The molecule has 2 fully saturated rings. The lowest BCUT2D eigenvalue weighted by atomic mass is 9.83. The van der Waals surface area contributed by atoms with Crippen molar-refractivity contribution in [3.63, 3.8) is 0 Å². The Morgan fingerprint density at radius 1 is 1.08 bits per heavy atom. The highest BCUT2D eigenvalue weighted by molar-refractivity contribution is 5.99. The van der Waals surface area contributed by atoms with Crippen molar-refractivity contribution in [3.8, 4) is 5.75 Å². The monoisotopic (exact) mass is 547 g/mol. The van der Waals surface area contributed by atoms with Crippen molar-refractivity contribution < 1.29 is 19.1 Å². The Hall–Kier alpha value is -2.78. The van der Waals surface area contributed by atoms with E-state index < -0.39 is 6.04 Å². The number of carbonyl (C=O) groups excluding carboxylic acids is 3. The van der Waals surface area contributed by atoms with Crippen LogP contribution < -0.4 is 15.4 Å². The molecule has 1 aliphatic carbocycles. The summed E-state index contributed by atoms with van der Waals surface area (Å²) in [6.07, 6.45) is 5.24. The van der Waals surface area contributed by atoms with E-state index >= 15 is 0 Å². The van der Waals surface area contributed by atoms with Gasteiger partial charge in [0.1, 0.15) is 17.5 Å². The summed E-state index contributed by atoms with van der Waals surface area (Å²) in [4.78, 5) is 43.7. The minimum Gasteiger partial charge on any atom is -0.497 e. The molecule has 9 nitrogen and oxygen atoms in total. The molecule has 2 aromatic rings. The average molecular weight is 548 g/mol. The number of aryl methyl sites for hydroxylation is 1. The van der Waals surface area contributed by atoms with E-state index in [0.717, 1.165) is 42.3 Å². The van der Waals surface area contributed by atoms with Crippen LogP contribution in [0.15, 0.2) is 24.3 Å². The minimum absolute atomic E-state index is 0. The summed E-state index contributed by atoms with van der Waals surface area (Å²) in [5.74, 6) is 0.672. The molecule has 0 spiro atoms. The van der Waals surface area contributed by atoms with Gasteiger partial charge in [0, 0.05) is 44.2 Å². The van der Waals surface area contributed by atoms with Gasteiger partial charge in [-0.2, -0.15) is 0 Å². The lowest BCUT2D eigenvalue weighted by Gasteiger charge is -2.42. The number of rotatable bonds is 7. The molecule has 3 atom stereocenters. The van der Waals surface area contributed by atoms with E-state index in [9.17, 15) is 14.4 Å². The Kier molecular flexibility index (Phi) is 10.1. The van der Waals surface area contributed by atoms with Crippen molar-refractivity contribution >= 4 is 41.0 Å². The van der Waals surface area contributed by atoms with Gasteiger partial charge < -0.3 is 29.7 Å². The molecule has 0 bridgehead atoms. The number of benzene rings is 1. The lowest BCUT2D eigenvalue weighted by molar-refractivity contribution is -0.140. The summed E-state index contributed by atoms with van der Waals surface area (Å²) in [6, 6.07) is 6.66. The van der Waals surface area contributed by atoms with Crippen molar-refractivity contribution in [2.24, 2.45) is 13.0 Å². The zero-order chi connectivity index (χ0) is 26.7. The smallest absolute Gasteiger partial charge is 0.270 e. The topological polar surface area (TPSA) is 95.9 Å². The number of carbonyl (C=O) groups is 3. The van der Waals surface area contributed by atoms with Gasteiger partial charge in [0.25, 0.3) is 5.91 Å². The fourth-order valence-corrected chi connectivity index (χ4v) is 5.70. The van der Waals surface area contributed by atoms with Crippen molar-refractivity contribution in [3.05, 3.63) is 30.0 Å². The number of piperazine rings is 1. The van der Waals surface area contributed by atoms with Crippen LogP contribution in [-0.2, 0) is 16.6 Å². The van der Waals surface area contributed by atoms with Crippen LogP contribution in [0.5, 0.6) is 5.75 Å². The van der Waals surface area contributed by atoms with E-state index in [1.165, 1.54) is 6.42 Å². The molecule has 0 radical (unpaired) electrons. The van der Waals surface area contributed by atoms with Crippen LogP contribution in [0, 0.1) is 5.92 Å². The fourth-order valence-electron chi connectivity index (χ4n) is 5.70. The number of methoxy groups -OCH3 is 1. The first-order chi connectivity index (χ1) is 17.7. The van der Waals surface area contributed by atoms with Gasteiger partial charge in [0.2, 0.25) is 11.8 Å². The van der Waals surface area contributed by atoms with Crippen LogP contribution in [0.25, 0.3) is 10.9 Å². The first-order valence-corrected chi connectivity index (χ1v) is 13.5. The Bertz CT molecular complexity index is 1150. The molecule has 38 heavy (non-hydrogen) atoms. The third-order valence-corrected chi connectivity index (χ3v) is 8.18. The molecular formula is C28H42ClN5O4. The number of hydrogen-bond donors (Lipinski definition) is 2. The SMILES string of the molecule is CNC(C)C(=O)N[C@H](C(=O)N1CCN(C(=O)c2cc3ccc(OC)cc3n2C)C(C)C1)C1CCCCC1.Cl. The molecule has 210 valence electrons. The summed E-state index contributed by atoms with van der Waals surface area (Å²) in [5.41, 5.74) is 1.55. The van der Waals surface area contributed by atoms with E-state index in [1.807, 2.05) is 52.6 Å². The van der Waals surface area contributed by atoms with Gasteiger partial charge in [-0.15, -0.1) is 12.4 Å². The molecule has 3 amide bonds. The molecule has 1 saturated heterocycles. The summed E-state index contributed by atoms with van der Waals surface area (Å²) in [6.45, 7) is 5.14. The maximum atomic E-state index is 13.7. The number of nitrogens with zero attached hydrogens (tertiary/aromatic N) is 3. The molecule has 2 aliphatic rings. The number of amides is 3. The maximum absolute atomic E-state index is 13.7. The summed E-state index contributed by atoms with van der Waals surface area (Å²) in [7, 11) is 5.26. The Morgan fingerprint density at radius 3 is 2.42 bits per heavy atom. The first kappa shape index (κ1) is 29.8. The molecule has 1 saturated carbocycles. The third-order valence-electron chi connectivity index (χ3n) is 8.18. The zero-order valence-corrected chi connectivity index (χ0v) is 24.0. The molecule has 1 aromatic carbocycles. The Labute approximate surface area is 231 Å². The van der Waals surface area contributed by atoms with Crippen molar-refractivity contribution in [1.82, 2.24) is 25.0 Å². The number of likely N-dealkylation sites (N-methyl/N-ethyl adjacent to an activating group) is 1. The van der Waals surface area contributed by atoms with Crippen LogP contribution in [-0.4, -0.2) is 84.0 Å². The first-order valence-electron chi connectivity index (χ1n) is 13.5. The third kappa shape index (κ3) is 6.10. The maximum Gasteiger partial charge on any atom is 0.270 e. The highest BCUT2D eigenvalue weighted by atomic mass is 35.5. The Morgan fingerprint density at radius 2 is 1.79 bits per heavy atom. The van der Waals surface area contributed by atoms with Crippen LogP contribution in [0.3, 0.4) is 0 Å². The minimum atomic E-state index is -0.522. The largest absolute Gasteiger partial charge is 0.497 e. The number of nitrogens with one attached hydrogen (secondary N) is 2. The molecule has 2 N–H and O–H groups in total. The van der Waals surface area contributed by atoms with Gasteiger partial charge in [-0.25, -0.2) is 0 Å². The van der Waals surface area contributed by atoms with E-state index in [1.54, 1.807) is 21.1 Å². The van der Waals surface area contributed by atoms with Crippen molar-refractivity contribution in [2.75, 3.05) is 33.8 Å². The zero-order valence-electron chi connectivity index (χ0n) is 23.2. The predicted molar refractivity (Wildman–Crippen MR) is 151 cm³/mol. The van der Waals surface area contributed by atoms with E-state index in [0.29, 0.717) is 25.3 Å². The van der Waals surface area contributed by atoms with Gasteiger partial charge >= 0.3 is 0 Å². The number of aromatic nitrogens is 1. The number of fused-ring (bicyclic) bond motifs is 1. The van der Waals surface area contributed by atoms with Gasteiger partial charge in [-0.05, 0) is 57.9 Å². The van der Waals surface area contributed by atoms with Crippen LogP contribution in [0.2, 0.25) is 0 Å². The highest BCUT2D eigenvalue weighted by Gasteiger charge is 2.38. The standard InChI is InChI=1S/C28H41N5O4.ClH/c1-18-17-32(28(36)25(20-9-7-6-8-10-20)30-26(34)19(2)29-3)13-14-33(18)27(35)24-15-21-11-12-22(37-5)16-23(21)31(24)4;/h11-12,15-16,18-20,25,29H,6-10,13-14,17H2,1-5H3,(H,30,34);1H/t18?,19?,25-;/m0./s1. The summed E-state index contributed by atoms with van der Waals surface area (Å²) >= 11 is 0. The molecule has 1 aliphatic heterocycles. The predicted octanol–water partition coefficient (Wildman–Crippen LogP) is 2.95. The van der Waals surface area contributed by atoms with Gasteiger partial charge in [-0.1, -0.05) is 19.3 Å². The second-order valence-electron chi connectivity index (χ2n) is 10.5. The molecular weight excluding hydrogens is 506 g/mol. The fraction of sp³-hybridized carbons (Fsp3) is 0.607. The summed E-state index contributed by atoms with van der Waals surface area (Å²) in [5, 5.41) is 7.00. The van der Waals surface area contributed by atoms with Gasteiger partial charge in [0.05, 0.1) is 18.7 Å². The van der Waals surface area contributed by atoms with Crippen molar-refractivity contribution in [2.45, 2.75) is 64.1 Å². The van der Waals surface area contributed by atoms with Crippen LogP contribution in [0.1, 0.15) is 56.4 Å². The van der Waals surface area contributed by atoms with Gasteiger partial charge in [0.15, 0.2) is 0 Å². The summed E-state index contributed by atoms with van der Waals surface area (Å²) < 4.78 is 7.25. The number of ether oxygens (including phenoxy) is 1. The normalized spacial score (nSPS) is 20.0. The van der Waals surface area contributed by atoms with E-state index in [-0.39, 0.29) is 48.1 Å². The van der Waals surface area contributed by atoms with E-state index in [4.69, 9.17) is 4.74 Å². The number of hydrogen-bond acceptors (Lipinski definition) is 5. The quantitative estimate of drug-likeness (QED) is 0.555. The highest BCUT2D eigenvalue weighted by Crippen LogP contribution is 2.29. The second-order valence-corrected chi connectivity index (χ2v) is 10.5. The lowest BCUT2D eigenvalue weighted by Crippen LogP contribution is -2.61.